The molecule has 0 aliphatic rings. The van der Waals surface area contributed by atoms with E-state index in [1.807, 2.05) is 6.92 Å². The highest BCUT2D eigenvalue weighted by Gasteiger charge is 2.37. The molecule has 0 amide bonds. The Morgan fingerprint density at radius 3 is 1.75 bits per heavy atom. The van der Waals surface area contributed by atoms with Crippen molar-refractivity contribution in [3.63, 3.8) is 0 Å². The number of halogens is 6. The Bertz CT molecular complexity index is 417. The molecular formula is C13H15F6N. The predicted molar refractivity (Wildman–Crippen MR) is 62.9 cm³/mol. The summed E-state index contributed by atoms with van der Waals surface area (Å²) in [6.07, 6.45) is -7.92. The molecule has 114 valence electrons. The van der Waals surface area contributed by atoms with Gasteiger partial charge in [0.25, 0.3) is 0 Å². The van der Waals surface area contributed by atoms with Gasteiger partial charge in [0.2, 0.25) is 0 Å². The molecule has 1 nitrogen and oxygen atoms in total. The molecule has 0 fully saturated rings. The fraction of sp³-hybridized carbons (Fsp3) is 0.538. The van der Waals surface area contributed by atoms with Crippen LogP contribution in [-0.4, -0.2) is 0 Å². The molecule has 20 heavy (non-hydrogen) atoms. The summed E-state index contributed by atoms with van der Waals surface area (Å²) >= 11 is 0. The molecule has 1 rings (SSSR count). The molecule has 7 heteroatoms. The van der Waals surface area contributed by atoms with Gasteiger partial charge < -0.3 is 5.73 Å². The maximum Gasteiger partial charge on any atom is 0.416 e. The average Bonchev–Trinajstić information content (AvgIpc) is 2.33. The maximum atomic E-state index is 12.6. The minimum atomic E-state index is -4.83. The second kappa shape index (κ2) is 6.03. The van der Waals surface area contributed by atoms with E-state index < -0.39 is 29.5 Å². The molecule has 0 spiro atoms. The van der Waals surface area contributed by atoms with Crippen LogP contribution in [0.1, 0.15) is 48.9 Å². The van der Waals surface area contributed by atoms with Crippen molar-refractivity contribution < 1.29 is 26.3 Å². The van der Waals surface area contributed by atoms with Crippen LogP contribution in [0.2, 0.25) is 0 Å². The average molecular weight is 299 g/mol. The SMILES string of the molecule is CCCCC(N)c1cc(C(F)(F)F)cc(C(F)(F)F)c1. The third kappa shape index (κ3) is 4.40. The molecule has 1 atom stereocenters. The summed E-state index contributed by atoms with van der Waals surface area (Å²) in [5, 5.41) is 0. The third-order valence-electron chi connectivity index (χ3n) is 2.91. The van der Waals surface area contributed by atoms with E-state index in [9.17, 15) is 26.3 Å². The smallest absolute Gasteiger partial charge is 0.324 e. The van der Waals surface area contributed by atoms with Crippen LogP contribution in [0, 0.1) is 0 Å². The summed E-state index contributed by atoms with van der Waals surface area (Å²) in [7, 11) is 0. The van der Waals surface area contributed by atoms with Gasteiger partial charge >= 0.3 is 12.4 Å². The summed E-state index contributed by atoms with van der Waals surface area (Å²) in [5.74, 6) is 0. The molecule has 0 saturated heterocycles. The Labute approximate surface area is 112 Å². The van der Waals surface area contributed by atoms with Crippen molar-refractivity contribution in [3.8, 4) is 0 Å². The maximum absolute atomic E-state index is 12.6. The monoisotopic (exact) mass is 299 g/mol. The van der Waals surface area contributed by atoms with Crippen LogP contribution in [-0.2, 0) is 12.4 Å². The van der Waals surface area contributed by atoms with Crippen LogP contribution in [0.3, 0.4) is 0 Å². The van der Waals surface area contributed by atoms with Crippen molar-refractivity contribution in [2.45, 2.75) is 44.6 Å². The lowest BCUT2D eigenvalue weighted by atomic mass is 9.97. The molecule has 2 N–H and O–H groups in total. The lowest BCUT2D eigenvalue weighted by molar-refractivity contribution is -0.143. The fourth-order valence-corrected chi connectivity index (χ4v) is 1.78. The molecule has 0 saturated carbocycles. The number of benzene rings is 1. The van der Waals surface area contributed by atoms with E-state index in [4.69, 9.17) is 5.73 Å². The summed E-state index contributed by atoms with van der Waals surface area (Å²) in [6, 6.07) is 0.652. The topological polar surface area (TPSA) is 26.0 Å². The predicted octanol–water partition coefficient (Wildman–Crippen LogP) is 4.91. The normalized spacial score (nSPS) is 14.4. The number of rotatable bonds is 4. The van der Waals surface area contributed by atoms with Crippen molar-refractivity contribution in [2.75, 3.05) is 0 Å². The van der Waals surface area contributed by atoms with E-state index in [1.54, 1.807) is 0 Å². The van der Waals surface area contributed by atoms with Gasteiger partial charge in [-0.1, -0.05) is 19.8 Å². The van der Waals surface area contributed by atoms with Gasteiger partial charge in [-0.05, 0) is 30.2 Å². The second-order valence-corrected chi connectivity index (χ2v) is 4.59. The first-order chi connectivity index (χ1) is 9.05. The minimum Gasteiger partial charge on any atom is -0.324 e. The summed E-state index contributed by atoms with van der Waals surface area (Å²) < 4.78 is 75.9. The van der Waals surface area contributed by atoms with Gasteiger partial charge in [0.05, 0.1) is 11.1 Å². The quantitative estimate of drug-likeness (QED) is 0.785. The largest absolute Gasteiger partial charge is 0.416 e. The molecule has 0 aliphatic carbocycles. The standard InChI is InChI=1S/C13H15F6N/c1-2-3-4-11(20)8-5-9(12(14,15)16)7-10(6-8)13(17,18)19/h5-7,11H,2-4,20H2,1H3. The molecule has 0 radical (unpaired) electrons. The summed E-state index contributed by atoms with van der Waals surface area (Å²) in [4.78, 5) is 0. The van der Waals surface area contributed by atoms with Gasteiger partial charge in [0, 0.05) is 6.04 Å². The molecule has 1 unspecified atom stereocenters. The minimum absolute atomic E-state index is 0.107. The first kappa shape index (κ1) is 16.8. The number of alkyl halides is 6. The van der Waals surface area contributed by atoms with E-state index in [1.165, 1.54) is 0 Å². The number of hydrogen-bond acceptors (Lipinski definition) is 1. The number of unbranched alkanes of at least 4 members (excludes halogenated alkanes) is 1. The Morgan fingerprint density at radius 2 is 1.40 bits per heavy atom. The Hall–Kier alpha value is -1.24. The molecule has 1 aromatic carbocycles. The van der Waals surface area contributed by atoms with E-state index in [2.05, 4.69) is 0 Å². The molecule has 0 aliphatic heterocycles. The first-order valence-corrected chi connectivity index (χ1v) is 6.10. The Balaban J connectivity index is 3.24. The lowest BCUT2D eigenvalue weighted by Gasteiger charge is -2.17. The van der Waals surface area contributed by atoms with Crippen LogP contribution in [0.25, 0.3) is 0 Å². The number of nitrogens with two attached hydrogens (primary N) is 1. The van der Waals surface area contributed by atoms with E-state index in [-0.39, 0.29) is 11.6 Å². The Kier molecular flexibility index (Phi) is 5.07. The van der Waals surface area contributed by atoms with Crippen LogP contribution in [0.15, 0.2) is 18.2 Å². The third-order valence-corrected chi connectivity index (χ3v) is 2.91. The van der Waals surface area contributed by atoms with E-state index in [0.29, 0.717) is 25.0 Å². The molecule has 0 heterocycles. The van der Waals surface area contributed by atoms with Crippen molar-refractivity contribution in [3.05, 3.63) is 34.9 Å². The van der Waals surface area contributed by atoms with Crippen LogP contribution < -0.4 is 5.73 Å². The highest BCUT2D eigenvalue weighted by Crippen LogP contribution is 2.37. The molecule has 0 bridgehead atoms. The van der Waals surface area contributed by atoms with Gasteiger partial charge in [-0.2, -0.15) is 26.3 Å². The van der Waals surface area contributed by atoms with Gasteiger partial charge in [0.1, 0.15) is 0 Å². The highest BCUT2D eigenvalue weighted by atomic mass is 19.4. The summed E-state index contributed by atoms with van der Waals surface area (Å²) in [6.45, 7) is 1.86. The highest BCUT2D eigenvalue weighted by molar-refractivity contribution is 5.35. The van der Waals surface area contributed by atoms with Crippen molar-refractivity contribution in [1.82, 2.24) is 0 Å². The molecule has 1 aromatic rings. The zero-order chi connectivity index (χ0) is 15.6. The van der Waals surface area contributed by atoms with E-state index >= 15 is 0 Å². The lowest BCUT2D eigenvalue weighted by Crippen LogP contribution is -2.16. The second-order valence-electron chi connectivity index (χ2n) is 4.59. The van der Waals surface area contributed by atoms with Crippen LogP contribution in [0.5, 0.6) is 0 Å². The van der Waals surface area contributed by atoms with Crippen molar-refractivity contribution >= 4 is 0 Å². The van der Waals surface area contributed by atoms with Gasteiger partial charge in [-0.25, -0.2) is 0 Å². The summed E-state index contributed by atoms with van der Waals surface area (Å²) in [5.41, 5.74) is 2.88. The fourth-order valence-electron chi connectivity index (χ4n) is 1.78. The van der Waals surface area contributed by atoms with Gasteiger partial charge in [-0.3, -0.25) is 0 Å². The molecular weight excluding hydrogens is 284 g/mol. The van der Waals surface area contributed by atoms with Crippen LogP contribution >= 0.6 is 0 Å². The first-order valence-electron chi connectivity index (χ1n) is 6.10. The van der Waals surface area contributed by atoms with Crippen LogP contribution in [0.4, 0.5) is 26.3 Å². The number of hydrogen-bond donors (Lipinski definition) is 1. The zero-order valence-corrected chi connectivity index (χ0v) is 10.8. The van der Waals surface area contributed by atoms with Gasteiger partial charge in [-0.15, -0.1) is 0 Å². The van der Waals surface area contributed by atoms with E-state index in [0.717, 1.165) is 6.42 Å². The zero-order valence-electron chi connectivity index (χ0n) is 10.8. The van der Waals surface area contributed by atoms with Crippen molar-refractivity contribution in [1.29, 1.82) is 0 Å². The van der Waals surface area contributed by atoms with Gasteiger partial charge in [0.15, 0.2) is 0 Å². The Morgan fingerprint density at radius 1 is 0.950 bits per heavy atom. The van der Waals surface area contributed by atoms with Crippen molar-refractivity contribution in [2.24, 2.45) is 5.73 Å². The molecule has 0 aromatic heterocycles.